The molecule has 7 heteroatoms. The van der Waals surface area contributed by atoms with Crippen molar-refractivity contribution < 1.29 is 13.2 Å². The first-order valence-electron chi connectivity index (χ1n) is 8.21. The van der Waals surface area contributed by atoms with Crippen molar-refractivity contribution in [1.29, 1.82) is 0 Å². The quantitative estimate of drug-likeness (QED) is 0.831. The summed E-state index contributed by atoms with van der Waals surface area (Å²) in [5.41, 5.74) is 0.750. The minimum Gasteiger partial charge on any atom is -0.331 e. The summed E-state index contributed by atoms with van der Waals surface area (Å²) in [4.78, 5) is 19.3. The maximum atomic E-state index is 13.2. The van der Waals surface area contributed by atoms with Gasteiger partial charge in [0.1, 0.15) is 0 Å². The Morgan fingerprint density at radius 3 is 2.50 bits per heavy atom. The summed E-state index contributed by atoms with van der Waals surface area (Å²) in [7, 11) is -3.53. The van der Waals surface area contributed by atoms with Crippen LogP contribution in [-0.2, 0) is 9.84 Å². The summed E-state index contributed by atoms with van der Waals surface area (Å²) >= 11 is 0. The van der Waals surface area contributed by atoms with E-state index in [1.54, 1.807) is 24.4 Å². The number of amides is 1. The molecule has 0 aromatic carbocycles. The Labute approximate surface area is 142 Å². The van der Waals surface area contributed by atoms with Crippen molar-refractivity contribution in [1.82, 2.24) is 14.3 Å². The van der Waals surface area contributed by atoms with Gasteiger partial charge in [0.05, 0.1) is 5.52 Å². The smallest absolute Gasteiger partial charge is 0.275 e. The number of sulfone groups is 1. The number of carbonyl (C=O) groups excluding carboxylic acids is 1. The van der Waals surface area contributed by atoms with Crippen LogP contribution in [0.1, 0.15) is 44.1 Å². The van der Waals surface area contributed by atoms with E-state index in [9.17, 15) is 13.2 Å². The highest BCUT2D eigenvalue weighted by molar-refractivity contribution is 7.90. The molecule has 0 spiro atoms. The SMILES string of the molecule is CC(C)[C@H](C)N(C(=O)c1nc(S(C)(=O)=O)n2ccccc12)C1CC1. The monoisotopic (exact) mass is 349 g/mol. The molecule has 2 aromatic heterocycles. The number of hydrogen-bond acceptors (Lipinski definition) is 4. The standard InChI is InChI=1S/C17H23N3O3S/c1-11(2)12(3)20(13-8-9-13)16(21)15-14-7-5-6-10-19(14)17(18-15)24(4,22)23/h5-7,10-13H,8-9H2,1-4H3/t12-/m0/s1. The second-order valence-electron chi connectivity index (χ2n) is 6.90. The summed E-state index contributed by atoms with van der Waals surface area (Å²) < 4.78 is 25.5. The minimum atomic E-state index is -3.53. The molecule has 0 unspecified atom stereocenters. The fourth-order valence-electron chi connectivity index (χ4n) is 2.91. The molecule has 1 fully saturated rings. The molecule has 3 rings (SSSR count). The topological polar surface area (TPSA) is 71.8 Å². The number of imidazole rings is 1. The lowest BCUT2D eigenvalue weighted by atomic mass is 10.0. The first-order valence-corrected chi connectivity index (χ1v) is 10.1. The van der Waals surface area contributed by atoms with Gasteiger partial charge in [-0.15, -0.1) is 0 Å². The molecule has 24 heavy (non-hydrogen) atoms. The zero-order valence-corrected chi connectivity index (χ0v) is 15.2. The molecule has 1 aliphatic carbocycles. The number of rotatable bonds is 5. The maximum Gasteiger partial charge on any atom is 0.275 e. The zero-order valence-electron chi connectivity index (χ0n) is 14.4. The first kappa shape index (κ1) is 17.0. The van der Waals surface area contributed by atoms with Crippen LogP contribution in [0.25, 0.3) is 5.52 Å². The molecule has 6 nitrogen and oxygen atoms in total. The largest absolute Gasteiger partial charge is 0.331 e. The average molecular weight is 349 g/mol. The molecule has 2 aromatic rings. The molecule has 1 saturated carbocycles. The molecule has 0 bridgehead atoms. The van der Waals surface area contributed by atoms with Crippen LogP contribution in [0.4, 0.5) is 0 Å². The van der Waals surface area contributed by atoms with E-state index in [0.29, 0.717) is 11.4 Å². The van der Waals surface area contributed by atoms with E-state index in [1.807, 2.05) is 11.8 Å². The molecule has 130 valence electrons. The van der Waals surface area contributed by atoms with Crippen molar-refractivity contribution >= 4 is 21.3 Å². The molecule has 1 atom stereocenters. The highest BCUT2D eigenvalue weighted by Crippen LogP contribution is 2.33. The van der Waals surface area contributed by atoms with Gasteiger partial charge in [0.2, 0.25) is 15.0 Å². The van der Waals surface area contributed by atoms with Gasteiger partial charge in [-0.1, -0.05) is 19.9 Å². The van der Waals surface area contributed by atoms with Crippen molar-refractivity contribution in [3.8, 4) is 0 Å². The number of aromatic nitrogens is 2. The third kappa shape index (κ3) is 2.92. The highest BCUT2D eigenvalue weighted by atomic mass is 32.2. The molecule has 2 heterocycles. The van der Waals surface area contributed by atoms with Gasteiger partial charge in [0, 0.05) is 24.5 Å². The third-order valence-electron chi connectivity index (χ3n) is 4.63. The Morgan fingerprint density at radius 1 is 1.29 bits per heavy atom. The number of fused-ring (bicyclic) bond motifs is 1. The van der Waals surface area contributed by atoms with Crippen molar-refractivity contribution in [3.63, 3.8) is 0 Å². The minimum absolute atomic E-state index is 0.0761. The molecular formula is C17H23N3O3S. The Hall–Kier alpha value is -1.89. The summed E-state index contributed by atoms with van der Waals surface area (Å²) in [6, 6.07) is 5.56. The van der Waals surface area contributed by atoms with Gasteiger partial charge in [-0.3, -0.25) is 9.20 Å². The molecule has 0 saturated heterocycles. The van der Waals surface area contributed by atoms with Crippen molar-refractivity contribution in [2.75, 3.05) is 6.26 Å². The molecule has 1 aliphatic rings. The van der Waals surface area contributed by atoms with Gasteiger partial charge in [0.25, 0.3) is 5.91 Å². The normalized spacial score (nSPS) is 16.5. The van der Waals surface area contributed by atoms with Gasteiger partial charge in [-0.25, -0.2) is 13.4 Å². The average Bonchev–Trinajstić information content (AvgIpc) is 3.25. The van der Waals surface area contributed by atoms with E-state index in [0.717, 1.165) is 19.1 Å². The van der Waals surface area contributed by atoms with E-state index in [2.05, 4.69) is 18.8 Å². The number of carbonyl (C=O) groups is 1. The lowest BCUT2D eigenvalue weighted by molar-refractivity contribution is 0.0624. The lowest BCUT2D eigenvalue weighted by Gasteiger charge is -2.31. The zero-order chi connectivity index (χ0) is 17.6. The summed E-state index contributed by atoms with van der Waals surface area (Å²) in [6.45, 7) is 6.21. The Bertz CT molecular complexity index is 882. The van der Waals surface area contributed by atoms with Gasteiger partial charge in [-0.05, 0) is 37.8 Å². The second kappa shape index (κ2) is 5.88. The van der Waals surface area contributed by atoms with E-state index < -0.39 is 9.84 Å². The summed E-state index contributed by atoms with van der Waals surface area (Å²) in [5, 5.41) is -0.0885. The number of nitrogens with zero attached hydrogens (tertiary/aromatic N) is 3. The van der Waals surface area contributed by atoms with Crippen LogP contribution in [0.2, 0.25) is 0 Å². The summed E-state index contributed by atoms with van der Waals surface area (Å²) in [6.07, 6.45) is 4.72. The molecule has 1 amide bonds. The Balaban J connectivity index is 2.13. The predicted molar refractivity (Wildman–Crippen MR) is 91.8 cm³/mol. The van der Waals surface area contributed by atoms with Gasteiger partial charge >= 0.3 is 0 Å². The Morgan fingerprint density at radius 2 is 1.96 bits per heavy atom. The van der Waals surface area contributed by atoms with Crippen molar-refractivity contribution in [2.45, 2.75) is 50.9 Å². The van der Waals surface area contributed by atoms with Crippen LogP contribution in [0, 0.1) is 5.92 Å². The van der Waals surface area contributed by atoms with Crippen LogP contribution >= 0.6 is 0 Å². The van der Waals surface area contributed by atoms with Crippen LogP contribution in [0.3, 0.4) is 0 Å². The predicted octanol–water partition coefficient (Wildman–Crippen LogP) is 2.39. The number of hydrogen-bond donors (Lipinski definition) is 0. The van der Waals surface area contributed by atoms with E-state index >= 15 is 0 Å². The fraction of sp³-hybridized carbons (Fsp3) is 0.529. The fourth-order valence-corrected chi connectivity index (χ4v) is 3.68. The van der Waals surface area contributed by atoms with Gasteiger partial charge < -0.3 is 4.90 Å². The highest BCUT2D eigenvalue weighted by Gasteiger charge is 2.39. The Kier molecular flexibility index (Phi) is 4.15. The van der Waals surface area contributed by atoms with Crippen LogP contribution in [0.15, 0.2) is 29.6 Å². The van der Waals surface area contributed by atoms with E-state index in [-0.39, 0.29) is 28.8 Å². The molecule has 0 radical (unpaired) electrons. The summed E-state index contributed by atoms with van der Waals surface area (Å²) in [5.74, 6) is 0.134. The van der Waals surface area contributed by atoms with E-state index in [1.165, 1.54) is 4.40 Å². The van der Waals surface area contributed by atoms with Gasteiger partial charge in [-0.2, -0.15) is 0 Å². The van der Waals surface area contributed by atoms with Crippen LogP contribution in [-0.4, -0.2) is 46.9 Å². The van der Waals surface area contributed by atoms with Crippen molar-refractivity contribution in [3.05, 3.63) is 30.1 Å². The number of pyridine rings is 1. The second-order valence-corrected chi connectivity index (χ2v) is 8.81. The third-order valence-corrected chi connectivity index (χ3v) is 5.58. The molecular weight excluding hydrogens is 326 g/mol. The molecule has 0 N–H and O–H groups in total. The lowest BCUT2D eigenvalue weighted by Crippen LogP contribution is -2.43. The van der Waals surface area contributed by atoms with Crippen molar-refractivity contribution in [2.24, 2.45) is 5.92 Å². The van der Waals surface area contributed by atoms with E-state index in [4.69, 9.17) is 0 Å². The first-order chi connectivity index (χ1) is 11.2. The maximum absolute atomic E-state index is 13.2. The molecule has 0 aliphatic heterocycles. The van der Waals surface area contributed by atoms with Gasteiger partial charge in [0.15, 0.2) is 5.69 Å². The van der Waals surface area contributed by atoms with Crippen LogP contribution in [0.5, 0.6) is 0 Å². The van der Waals surface area contributed by atoms with Crippen LogP contribution < -0.4 is 0 Å².